The third-order valence-electron chi connectivity index (χ3n) is 2.01. The van der Waals surface area contributed by atoms with Gasteiger partial charge in [-0.25, -0.2) is 0 Å². The molecule has 0 amide bonds. The molecule has 4 unspecified atom stereocenters. The lowest BCUT2D eigenvalue weighted by Crippen LogP contribution is -2.23. The van der Waals surface area contributed by atoms with Crippen molar-refractivity contribution in [3.63, 3.8) is 0 Å². The molecule has 0 aromatic rings. The molecule has 0 fully saturated rings. The molecule has 0 aliphatic heterocycles. The molecule has 0 rings (SSSR count). The van der Waals surface area contributed by atoms with Gasteiger partial charge in [0.05, 0.1) is 24.0 Å². The Morgan fingerprint density at radius 3 is 1.85 bits per heavy atom. The summed E-state index contributed by atoms with van der Waals surface area (Å²) in [5.41, 5.74) is 0. The van der Waals surface area contributed by atoms with Crippen molar-refractivity contribution in [3.8, 4) is 0 Å². The third-order valence-corrected chi connectivity index (χ3v) is 3.39. The highest BCUT2D eigenvalue weighted by Gasteiger charge is 2.22. The molecule has 122 valence electrons. The normalized spacial score (nSPS) is 19.4. The first kappa shape index (κ1) is 20.8. The fourth-order valence-electron chi connectivity index (χ4n) is 0.988. The van der Waals surface area contributed by atoms with E-state index >= 15 is 0 Å². The Hall–Kier alpha value is 0.810. The maximum absolute atomic E-state index is 9.49. The highest BCUT2D eigenvalue weighted by Crippen LogP contribution is 2.42. The van der Waals surface area contributed by atoms with Crippen molar-refractivity contribution in [2.45, 2.75) is 63.9 Å². The Balaban J connectivity index is 4.33. The quantitative estimate of drug-likeness (QED) is 0.327. The van der Waals surface area contributed by atoms with Crippen LogP contribution in [-0.2, 0) is 18.3 Å². The molecule has 0 aromatic heterocycles. The first-order chi connectivity index (χ1) is 9.38. The summed E-state index contributed by atoms with van der Waals surface area (Å²) in [6, 6.07) is 0. The van der Waals surface area contributed by atoms with Crippen LogP contribution in [0.2, 0.25) is 0 Å². The van der Waals surface area contributed by atoms with Crippen LogP contribution in [-0.4, -0.2) is 41.7 Å². The number of aliphatic hydroxyl groups is 1. The molecular formula is C12H25Cl2O5P. The van der Waals surface area contributed by atoms with Gasteiger partial charge >= 0.3 is 8.60 Å². The fraction of sp³-hybridized carbons (Fsp3) is 1.00. The molecule has 0 spiro atoms. The maximum Gasteiger partial charge on any atom is 0.335 e. The summed E-state index contributed by atoms with van der Waals surface area (Å²) in [5.74, 6) is 0. The molecule has 0 radical (unpaired) electrons. The lowest BCUT2D eigenvalue weighted by atomic mass is 10.4. The van der Waals surface area contributed by atoms with Crippen molar-refractivity contribution in [2.24, 2.45) is 0 Å². The van der Waals surface area contributed by atoms with E-state index in [1.807, 2.05) is 27.7 Å². The standard InChI is InChI=1S/C12H25Cl2O5P/c1-5-11(15)18-12(6-2)19-20(16-7-9(3)13)17-8-10(4)14/h9-12,15H,5-8H2,1-4H3. The van der Waals surface area contributed by atoms with Crippen LogP contribution in [0.15, 0.2) is 0 Å². The van der Waals surface area contributed by atoms with Crippen LogP contribution in [0.3, 0.4) is 0 Å². The Morgan fingerprint density at radius 1 is 1.00 bits per heavy atom. The van der Waals surface area contributed by atoms with Crippen LogP contribution in [0.4, 0.5) is 0 Å². The molecule has 1 N–H and O–H groups in total. The molecule has 8 heteroatoms. The highest BCUT2D eigenvalue weighted by atomic mass is 35.5. The van der Waals surface area contributed by atoms with Crippen molar-refractivity contribution >= 4 is 31.8 Å². The average molecular weight is 351 g/mol. The van der Waals surface area contributed by atoms with Gasteiger partial charge in [0.1, 0.15) is 0 Å². The second-order valence-corrected chi connectivity index (χ2v) is 6.98. The summed E-state index contributed by atoms with van der Waals surface area (Å²) in [5, 5.41) is 9.19. The van der Waals surface area contributed by atoms with E-state index in [1.165, 1.54) is 0 Å². The maximum atomic E-state index is 9.49. The average Bonchev–Trinajstić information content (AvgIpc) is 2.39. The van der Waals surface area contributed by atoms with Crippen molar-refractivity contribution in [3.05, 3.63) is 0 Å². The van der Waals surface area contributed by atoms with Gasteiger partial charge in [0.25, 0.3) is 0 Å². The van der Waals surface area contributed by atoms with Gasteiger partial charge in [-0.1, -0.05) is 13.8 Å². The summed E-state index contributed by atoms with van der Waals surface area (Å²) in [7, 11) is -1.61. The molecule has 0 heterocycles. The van der Waals surface area contributed by atoms with E-state index in [0.717, 1.165) is 0 Å². The lowest BCUT2D eigenvalue weighted by Gasteiger charge is -2.24. The zero-order chi connectivity index (χ0) is 15.5. The van der Waals surface area contributed by atoms with Crippen LogP contribution in [0.1, 0.15) is 40.5 Å². The smallest absolute Gasteiger partial charge is 0.335 e. The SMILES string of the molecule is CCC(O)OC(CC)OP(OCC(C)Cl)OCC(C)Cl. The lowest BCUT2D eigenvalue weighted by molar-refractivity contribution is -0.200. The minimum absolute atomic E-state index is 0.150. The van der Waals surface area contributed by atoms with Gasteiger partial charge in [-0.2, -0.15) is 0 Å². The van der Waals surface area contributed by atoms with Crippen LogP contribution in [0.25, 0.3) is 0 Å². The van der Waals surface area contributed by atoms with E-state index in [0.29, 0.717) is 26.1 Å². The molecular weight excluding hydrogens is 326 g/mol. The van der Waals surface area contributed by atoms with E-state index in [-0.39, 0.29) is 10.8 Å². The molecule has 0 bridgehead atoms. The van der Waals surface area contributed by atoms with Crippen molar-refractivity contribution in [1.29, 1.82) is 0 Å². The Morgan fingerprint density at radius 2 is 1.50 bits per heavy atom. The summed E-state index contributed by atoms with van der Waals surface area (Å²) in [6.07, 6.45) is -0.408. The number of aliphatic hydroxyl groups excluding tert-OH is 1. The van der Waals surface area contributed by atoms with Crippen LogP contribution in [0.5, 0.6) is 0 Å². The Labute approximate surface area is 132 Å². The van der Waals surface area contributed by atoms with Crippen molar-refractivity contribution in [2.75, 3.05) is 13.2 Å². The van der Waals surface area contributed by atoms with Gasteiger partial charge in [-0.05, 0) is 26.7 Å². The van der Waals surface area contributed by atoms with Crippen LogP contribution >= 0.6 is 31.8 Å². The molecule has 0 aliphatic carbocycles. The molecule has 4 atom stereocenters. The predicted molar refractivity (Wildman–Crippen MR) is 82.0 cm³/mol. The minimum Gasteiger partial charge on any atom is -0.368 e. The molecule has 5 nitrogen and oxygen atoms in total. The number of alkyl halides is 2. The molecule has 0 aromatic carbocycles. The largest absolute Gasteiger partial charge is 0.368 e. The van der Waals surface area contributed by atoms with E-state index in [2.05, 4.69) is 0 Å². The van der Waals surface area contributed by atoms with Crippen molar-refractivity contribution < 1.29 is 23.4 Å². The number of hydrogen-bond donors (Lipinski definition) is 1. The zero-order valence-corrected chi connectivity index (χ0v) is 14.8. The third kappa shape index (κ3) is 11.5. The number of halogens is 2. The summed E-state index contributed by atoms with van der Waals surface area (Å²) < 4.78 is 21.8. The summed E-state index contributed by atoms with van der Waals surface area (Å²) >= 11 is 11.7. The van der Waals surface area contributed by atoms with Gasteiger partial charge < -0.3 is 18.9 Å². The van der Waals surface area contributed by atoms with Gasteiger partial charge in [-0.3, -0.25) is 4.52 Å². The fourth-order valence-corrected chi connectivity index (χ4v) is 2.57. The monoisotopic (exact) mass is 350 g/mol. The van der Waals surface area contributed by atoms with Gasteiger partial charge in [-0.15, -0.1) is 23.2 Å². The topological polar surface area (TPSA) is 57.2 Å². The van der Waals surface area contributed by atoms with Gasteiger partial charge in [0, 0.05) is 0 Å². The highest BCUT2D eigenvalue weighted by molar-refractivity contribution is 7.41. The Kier molecular flexibility index (Phi) is 12.9. The van der Waals surface area contributed by atoms with Gasteiger partial charge in [0.2, 0.25) is 0 Å². The Bertz CT molecular complexity index is 222. The van der Waals surface area contributed by atoms with Crippen LogP contribution in [0, 0.1) is 0 Å². The first-order valence-electron chi connectivity index (χ1n) is 6.73. The van der Waals surface area contributed by atoms with E-state index in [1.54, 1.807) is 0 Å². The van der Waals surface area contributed by atoms with Gasteiger partial charge in [0.15, 0.2) is 12.6 Å². The minimum atomic E-state index is -1.61. The van der Waals surface area contributed by atoms with Crippen molar-refractivity contribution in [1.82, 2.24) is 0 Å². The second kappa shape index (κ2) is 12.4. The van der Waals surface area contributed by atoms with E-state index in [9.17, 15) is 5.11 Å². The first-order valence-corrected chi connectivity index (χ1v) is 8.70. The van der Waals surface area contributed by atoms with E-state index < -0.39 is 21.2 Å². The zero-order valence-electron chi connectivity index (χ0n) is 12.4. The van der Waals surface area contributed by atoms with Crippen LogP contribution < -0.4 is 0 Å². The number of rotatable bonds is 12. The molecule has 20 heavy (non-hydrogen) atoms. The second-order valence-electron chi connectivity index (χ2n) is 4.32. The summed E-state index contributed by atoms with van der Waals surface area (Å²) in [4.78, 5) is 0. The molecule has 0 saturated heterocycles. The molecule has 0 aliphatic rings. The number of hydrogen-bond acceptors (Lipinski definition) is 5. The molecule has 0 saturated carbocycles. The predicted octanol–water partition coefficient (Wildman–Crippen LogP) is 4.00. The number of ether oxygens (including phenoxy) is 1. The summed E-state index contributed by atoms with van der Waals surface area (Å²) in [6.45, 7) is 7.93. The van der Waals surface area contributed by atoms with E-state index in [4.69, 9.17) is 41.5 Å².